The molecule has 0 spiro atoms. The van der Waals surface area contributed by atoms with Crippen molar-refractivity contribution >= 4 is 16.7 Å². The molecule has 2 aromatic rings. The predicted octanol–water partition coefficient (Wildman–Crippen LogP) is 2.51. The fourth-order valence-corrected chi connectivity index (χ4v) is 4.62. The Morgan fingerprint density at radius 2 is 1.96 bits per heavy atom. The fraction of sp³-hybridized carbons (Fsp3) is 0.429. The molecule has 3 atom stereocenters. The van der Waals surface area contributed by atoms with E-state index in [2.05, 4.69) is 59.4 Å². The number of piperidine rings is 1. The third-order valence-corrected chi connectivity index (χ3v) is 6.33. The number of nitriles is 1. The minimum Gasteiger partial charge on any atom is -0.341 e. The smallest absolute Gasteiger partial charge is 0.243 e. The van der Waals surface area contributed by atoms with Crippen molar-refractivity contribution in [2.75, 3.05) is 13.1 Å². The molecule has 0 bridgehead atoms. The molecule has 132 valence electrons. The van der Waals surface area contributed by atoms with Crippen molar-refractivity contribution < 1.29 is 4.79 Å². The maximum Gasteiger partial charge on any atom is 0.243 e. The number of nitrogens with zero attached hydrogens (tertiary/aromatic N) is 2. The minimum atomic E-state index is -0.721. The zero-order valence-electron chi connectivity index (χ0n) is 14.6. The van der Waals surface area contributed by atoms with E-state index in [1.165, 1.54) is 16.3 Å². The molecular formula is C21H22N4O. The van der Waals surface area contributed by atoms with Crippen LogP contribution in [0, 0.1) is 22.7 Å². The second kappa shape index (κ2) is 5.80. The zero-order valence-corrected chi connectivity index (χ0v) is 14.6. The van der Waals surface area contributed by atoms with Crippen LogP contribution < -0.4 is 10.9 Å². The number of likely N-dealkylation sites (tertiary alicyclic amines) is 1. The predicted molar refractivity (Wildman–Crippen MR) is 98.7 cm³/mol. The van der Waals surface area contributed by atoms with Gasteiger partial charge < -0.3 is 4.90 Å². The van der Waals surface area contributed by atoms with E-state index in [9.17, 15) is 10.1 Å². The summed E-state index contributed by atoms with van der Waals surface area (Å²) in [6, 6.07) is 17.6. The van der Waals surface area contributed by atoms with Gasteiger partial charge in [-0.15, -0.1) is 0 Å². The Bertz CT molecular complexity index is 908. The fourth-order valence-electron chi connectivity index (χ4n) is 4.62. The Hall–Kier alpha value is -2.42. The SMILES string of the molecule is N#CC1(C(=O)N2CCC3NNC(c4cccc5ccccc45)C3C2)CC1. The Kier molecular flexibility index (Phi) is 3.53. The first-order valence-electron chi connectivity index (χ1n) is 9.41. The molecule has 1 amide bonds. The van der Waals surface area contributed by atoms with Crippen molar-refractivity contribution in [1.82, 2.24) is 15.8 Å². The maximum atomic E-state index is 12.8. The van der Waals surface area contributed by atoms with Gasteiger partial charge in [0, 0.05) is 25.0 Å². The third-order valence-electron chi connectivity index (χ3n) is 6.33. The van der Waals surface area contributed by atoms with Gasteiger partial charge in [0.1, 0.15) is 5.41 Å². The van der Waals surface area contributed by atoms with Gasteiger partial charge in [-0.1, -0.05) is 42.5 Å². The summed E-state index contributed by atoms with van der Waals surface area (Å²) in [5.41, 5.74) is 7.48. The van der Waals surface area contributed by atoms with Gasteiger partial charge in [0.25, 0.3) is 0 Å². The number of benzene rings is 2. The molecule has 5 rings (SSSR count). The number of amides is 1. The van der Waals surface area contributed by atoms with Crippen LogP contribution in [0.1, 0.15) is 30.9 Å². The van der Waals surface area contributed by atoms with Crippen molar-refractivity contribution in [3.63, 3.8) is 0 Å². The summed E-state index contributed by atoms with van der Waals surface area (Å²) in [5, 5.41) is 11.9. The highest BCUT2D eigenvalue weighted by atomic mass is 16.2. The second-order valence-electron chi connectivity index (χ2n) is 7.84. The molecule has 0 aromatic heterocycles. The molecule has 2 heterocycles. The van der Waals surface area contributed by atoms with Gasteiger partial charge in [0.15, 0.2) is 0 Å². The number of hydrazine groups is 1. The van der Waals surface area contributed by atoms with Crippen LogP contribution in [0.2, 0.25) is 0 Å². The normalized spacial score (nSPS) is 29.2. The van der Waals surface area contributed by atoms with Gasteiger partial charge in [0.05, 0.1) is 12.1 Å². The van der Waals surface area contributed by atoms with Crippen molar-refractivity contribution in [2.45, 2.75) is 31.3 Å². The number of hydrogen-bond donors (Lipinski definition) is 2. The van der Waals surface area contributed by atoms with Gasteiger partial charge in [0.2, 0.25) is 5.91 Å². The van der Waals surface area contributed by atoms with E-state index in [4.69, 9.17) is 0 Å². The molecule has 5 heteroatoms. The van der Waals surface area contributed by atoms with Gasteiger partial charge >= 0.3 is 0 Å². The van der Waals surface area contributed by atoms with Crippen molar-refractivity contribution in [1.29, 1.82) is 5.26 Å². The number of carbonyl (C=O) groups excluding carboxylic acids is 1. The maximum absolute atomic E-state index is 12.8. The molecular weight excluding hydrogens is 324 g/mol. The molecule has 2 aliphatic heterocycles. The number of rotatable bonds is 2. The Morgan fingerprint density at radius 3 is 2.77 bits per heavy atom. The molecule has 3 fully saturated rings. The highest BCUT2D eigenvalue weighted by Gasteiger charge is 2.54. The van der Waals surface area contributed by atoms with E-state index >= 15 is 0 Å². The Labute approximate surface area is 152 Å². The molecule has 1 saturated carbocycles. The molecule has 26 heavy (non-hydrogen) atoms. The van der Waals surface area contributed by atoms with Crippen LogP contribution in [0.3, 0.4) is 0 Å². The molecule has 3 aliphatic rings. The van der Waals surface area contributed by atoms with E-state index in [0.29, 0.717) is 18.5 Å². The highest BCUT2D eigenvalue weighted by Crippen LogP contribution is 2.47. The monoisotopic (exact) mass is 346 g/mol. The lowest BCUT2D eigenvalue weighted by Gasteiger charge is -2.37. The zero-order chi connectivity index (χ0) is 17.7. The molecule has 3 unspecified atom stereocenters. The van der Waals surface area contributed by atoms with Gasteiger partial charge in [-0.3, -0.25) is 10.2 Å². The quantitative estimate of drug-likeness (QED) is 0.877. The number of nitrogens with one attached hydrogen (secondary N) is 2. The van der Waals surface area contributed by atoms with Crippen LogP contribution >= 0.6 is 0 Å². The van der Waals surface area contributed by atoms with E-state index in [1.807, 2.05) is 4.90 Å². The Morgan fingerprint density at radius 1 is 1.15 bits per heavy atom. The molecule has 2 aromatic carbocycles. The van der Waals surface area contributed by atoms with Crippen LogP contribution in [0.25, 0.3) is 10.8 Å². The topological polar surface area (TPSA) is 68.2 Å². The summed E-state index contributed by atoms with van der Waals surface area (Å²) >= 11 is 0. The van der Waals surface area contributed by atoms with Gasteiger partial charge in [-0.25, -0.2) is 5.43 Å². The summed E-state index contributed by atoms with van der Waals surface area (Å²) in [4.78, 5) is 14.8. The lowest BCUT2D eigenvalue weighted by molar-refractivity contribution is -0.137. The standard InChI is InChI=1S/C21H22N4O/c22-13-21(9-10-21)20(26)25-11-8-18-17(12-25)19(24-23-18)16-7-3-5-14-4-1-2-6-15(14)16/h1-7,17-19,23-24H,8-12H2. The lowest BCUT2D eigenvalue weighted by atomic mass is 9.83. The number of carbonyl (C=O) groups is 1. The van der Waals surface area contributed by atoms with Crippen LogP contribution in [0.15, 0.2) is 42.5 Å². The summed E-state index contributed by atoms with van der Waals surface area (Å²) in [6.07, 6.45) is 2.36. The van der Waals surface area contributed by atoms with Crippen LogP contribution in [-0.4, -0.2) is 29.9 Å². The van der Waals surface area contributed by atoms with Crippen molar-refractivity contribution in [2.24, 2.45) is 11.3 Å². The summed E-state index contributed by atoms with van der Waals surface area (Å²) < 4.78 is 0. The third kappa shape index (κ3) is 2.33. The first-order valence-corrected chi connectivity index (χ1v) is 9.41. The minimum absolute atomic E-state index is 0.0435. The molecule has 5 nitrogen and oxygen atoms in total. The van der Waals surface area contributed by atoms with E-state index in [0.717, 1.165) is 25.8 Å². The highest BCUT2D eigenvalue weighted by molar-refractivity contribution is 5.88. The van der Waals surface area contributed by atoms with Crippen LogP contribution in [0.5, 0.6) is 0 Å². The van der Waals surface area contributed by atoms with Crippen LogP contribution in [-0.2, 0) is 4.79 Å². The lowest BCUT2D eigenvalue weighted by Crippen LogP contribution is -2.49. The molecule has 1 aliphatic carbocycles. The van der Waals surface area contributed by atoms with E-state index < -0.39 is 5.41 Å². The van der Waals surface area contributed by atoms with E-state index in [-0.39, 0.29) is 11.9 Å². The van der Waals surface area contributed by atoms with Gasteiger partial charge in [-0.2, -0.15) is 5.26 Å². The van der Waals surface area contributed by atoms with Crippen molar-refractivity contribution in [3.8, 4) is 6.07 Å². The average Bonchev–Trinajstić information content (AvgIpc) is 3.39. The first kappa shape index (κ1) is 15.8. The average molecular weight is 346 g/mol. The Balaban J connectivity index is 1.45. The number of hydrogen-bond acceptors (Lipinski definition) is 4. The molecule has 2 saturated heterocycles. The van der Waals surface area contributed by atoms with Gasteiger partial charge in [-0.05, 0) is 35.6 Å². The first-order chi connectivity index (χ1) is 12.7. The largest absolute Gasteiger partial charge is 0.341 e. The second-order valence-corrected chi connectivity index (χ2v) is 7.84. The summed E-state index contributed by atoms with van der Waals surface area (Å²) in [6.45, 7) is 1.45. The van der Waals surface area contributed by atoms with Crippen LogP contribution in [0.4, 0.5) is 0 Å². The van der Waals surface area contributed by atoms with E-state index in [1.54, 1.807) is 0 Å². The summed E-state index contributed by atoms with van der Waals surface area (Å²) in [5.74, 6) is 0.356. The number of fused-ring (bicyclic) bond motifs is 2. The summed E-state index contributed by atoms with van der Waals surface area (Å²) in [7, 11) is 0. The molecule has 0 radical (unpaired) electrons. The van der Waals surface area contributed by atoms with Crippen molar-refractivity contribution in [3.05, 3.63) is 48.0 Å². The molecule has 2 N–H and O–H groups in total.